The van der Waals surface area contributed by atoms with Crippen LogP contribution in [-0.4, -0.2) is 30.0 Å². The summed E-state index contributed by atoms with van der Waals surface area (Å²) in [5, 5.41) is 0.673. The van der Waals surface area contributed by atoms with E-state index in [1.54, 1.807) is 11.3 Å². The predicted octanol–water partition coefficient (Wildman–Crippen LogP) is 2.30. The van der Waals surface area contributed by atoms with E-state index in [1.165, 1.54) is 22.2 Å². The Balaban J connectivity index is 2.04. The van der Waals surface area contributed by atoms with Gasteiger partial charge in [0, 0.05) is 6.04 Å². The number of rotatable bonds is 1. The van der Waals surface area contributed by atoms with Gasteiger partial charge in [-0.05, 0) is 56.6 Å². The largest absolute Gasteiger partial charge is 0.375 e. The Morgan fingerprint density at radius 3 is 2.94 bits per heavy atom. The fraction of sp³-hybridized carbons (Fsp3) is 0.462. The molecule has 1 aliphatic carbocycles. The van der Waals surface area contributed by atoms with Crippen molar-refractivity contribution in [3.05, 3.63) is 23.3 Å². The van der Waals surface area contributed by atoms with Crippen molar-refractivity contribution >= 4 is 26.7 Å². The summed E-state index contributed by atoms with van der Waals surface area (Å²) in [5.41, 5.74) is 9.77. The van der Waals surface area contributed by atoms with Gasteiger partial charge in [-0.2, -0.15) is 0 Å². The smallest absolute Gasteiger partial charge is 0.181 e. The molecule has 2 aromatic rings. The fourth-order valence-electron chi connectivity index (χ4n) is 2.62. The second-order valence-electron chi connectivity index (χ2n) is 5.00. The molecule has 0 amide bonds. The van der Waals surface area contributed by atoms with Crippen molar-refractivity contribution in [3.8, 4) is 0 Å². The lowest BCUT2D eigenvalue weighted by molar-refractivity contribution is 0.268. The van der Waals surface area contributed by atoms with Gasteiger partial charge in [0.05, 0.1) is 10.2 Å². The first-order valence-electron chi connectivity index (χ1n) is 5.98. The van der Waals surface area contributed by atoms with Crippen molar-refractivity contribution in [1.82, 2.24) is 9.88 Å². The summed E-state index contributed by atoms with van der Waals surface area (Å²) >= 11 is 1.59. The molecular formula is C13H17N3S. The zero-order valence-electron chi connectivity index (χ0n) is 10.2. The summed E-state index contributed by atoms with van der Waals surface area (Å²) in [4.78, 5) is 6.69. The lowest BCUT2D eigenvalue weighted by Gasteiger charge is -2.29. The zero-order valence-corrected chi connectivity index (χ0v) is 11.0. The van der Waals surface area contributed by atoms with Crippen molar-refractivity contribution in [2.24, 2.45) is 0 Å². The minimum atomic E-state index is 0.671. The van der Waals surface area contributed by atoms with Crippen LogP contribution < -0.4 is 5.73 Å². The van der Waals surface area contributed by atoms with Crippen LogP contribution in [0.1, 0.15) is 17.5 Å². The Bertz CT molecular complexity index is 559. The van der Waals surface area contributed by atoms with Crippen LogP contribution >= 0.6 is 11.3 Å². The molecule has 3 nitrogen and oxygen atoms in total. The average Bonchev–Trinajstić information content (AvgIpc) is 2.63. The number of likely N-dealkylation sites (N-methyl/N-ethyl adjacent to an activating group) is 1. The quantitative estimate of drug-likeness (QED) is 0.840. The van der Waals surface area contributed by atoms with E-state index in [0.717, 1.165) is 18.4 Å². The lowest BCUT2D eigenvalue weighted by Crippen LogP contribution is -2.33. The number of nitrogen functional groups attached to an aromatic ring is 1. The van der Waals surface area contributed by atoms with Crippen molar-refractivity contribution < 1.29 is 0 Å². The number of benzene rings is 1. The molecule has 0 bridgehead atoms. The summed E-state index contributed by atoms with van der Waals surface area (Å²) in [5.74, 6) is 0. The molecule has 1 aliphatic rings. The number of anilines is 1. The van der Waals surface area contributed by atoms with Gasteiger partial charge in [-0.25, -0.2) is 4.98 Å². The van der Waals surface area contributed by atoms with E-state index >= 15 is 0 Å². The molecule has 1 heterocycles. The van der Waals surface area contributed by atoms with Crippen LogP contribution in [0.15, 0.2) is 12.1 Å². The van der Waals surface area contributed by atoms with Gasteiger partial charge >= 0.3 is 0 Å². The number of aryl methyl sites for hydroxylation is 1. The lowest BCUT2D eigenvalue weighted by atomic mass is 9.87. The average molecular weight is 247 g/mol. The van der Waals surface area contributed by atoms with Crippen LogP contribution in [0.25, 0.3) is 10.2 Å². The van der Waals surface area contributed by atoms with Gasteiger partial charge < -0.3 is 10.6 Å². The van der Waals surface area contributed by atoms with Crippen LogP contribution in [0.5, 0.6) is 0 Å². The molecule has 1 aromatic heterocycles. The highest BCUT2D eigenvalue weighted by Crippen LogP contribution is 2.31. The first kappa shape index (κ1) is 11.0. The molecule has 2 N–H and O–H groups in total. The molecule has 1 atom stereocenters. The summed E-state index contributed by atoms with van der Waals surface area (Å²) in [6.07, 6.45) is 3.55. The van der Waals surface area contributed by atoms with Gasteiger partial charge in [0.25, 0.3) is 0 Å². The summed E-state index contributed by atoms with van der Waals surface area (Å²) in [6.45, 7) is 0. The number of hydrogen-bond acceptors (Lipinski definition) is 4. The Labute approximate surface area is 105 Å². The van der Waals surface area contributed by atoms with Crippen molar-refractivity contribution in [2.45, 2.75) is 25.3 Å². The summed E-state index contributed by atoms with van der Waals surface area (Å²) < 4.78 is 1.22. The Kier molecular flexibility index (Phi) is 2.56. The second-order valence-corrected chi connectivity index (χ2v) is 6.06. The molecule has 4 heteroatoms. The first-order valence-corrected chi connectivity index (χ1v) is 6.79. The maximum atomic E-state index is 5.76. The molecule has 3 rings (SSSR count). The van der Waals surface area contributed by atoms with Gasteiger partial charge in [0.1, 0.15) is 0 Å². The number of hydrogen-bond donors (Lipinski definition) is 1. The molecule has 0 aliphatic heterocycles. The van der Waals surface area contributed by atoms with Gasteiger partial charge in [-0.3, -0.25) is 0 Å². The summed E-state index contributed by atoms with van der Waals surface area (Å²) in [6, 6.07) is 5.18. The van der Waals surface area contributed by atoms with Gasteiger partial charge in [-0.15, -0.1) is 0 Å². The first-order chi connectivity index (χ1) is 8.13. The molecule has 0 fully saturated rings. The number of thiazole rings is 1. The van der Waals surface area contributed by atoms with E-state index < -0.39 is 0 Å². The number of aromatic nitrogens is 1. The van der Waals surface area contributed by atoms with Crippen molar-refractivity contribution in [3.63, 3.8) is 0 Å². The van der Waals surface area contributed by atoms with Crippen LogP contribution in [0.3, 0.4) is 0 Å². The molecule has 0 saturated carbocycles. The molecule has 1 unspecified atom stereocenters. The number of nitrogens with two attached hydrogens (primary N) is 1. The topological polar surface area (TPSA) is 42.2 Å². The third kappa shape index (κ3) is 1.91. The second kappa shape index (κ2) is 3.96. The van der Waals surface area contributed by atoms with Crippen molar-refractivity contribution in [1.29, 1.82) is 0 Å². The monoisotopic (exact) mass is 247 g/mol. The molecule has 90 valence electrons. The summed E-state index contributed by atoms with van der Waals surface area (Å²) in [7, 11) is 4.33. The zero-order chi connectivity index (χ0) is 12.0. The molecule has 17 heavy (non-hydrogen) atoms. The molecule has 0 saturated heterocycles. The highest BCUT2D eigenvalue weighted by molar-refractivity contribution is 7.22. The van der Waals surface area contributed by atoms with E-state index in [1.807, 2.05) is 0 Å². The van der Waals surface area contributed by atoms with E-state index in [0.29, 0.717) is 11.2 Å². The third-order valence-corrected chi connectivity index (χ3v) is 4.51. The maximum absolute atomic E-state index is 5.76. The molecule has 0 radical (unpaired) electrons. The van der Waals surface area contributed by atoms with E-state index in [2.05, 4.69) is 36.1 Å². The van der Waals surface area contributed by atoms with E-state index in [-0.39, 0.29) is 0 Å². The van der Waals surface area contributed by atoms with Gasteiger partial charge in [-0.1, -0.05) is 11.3 Å². The third-order valence-electron chi connectivity index (χ3n) is 3.66. The Hall–Kier alpha value is -1.13. The minimum absolute atomic E-state index is 0.671. The van der Waals surface area contributed by atoms with Crippen LogP contribution in [0.4, 0.5) is 5.13 Å². The van der Waals surface area contributed by atoms with E-state index in [4.69, 9.17) is 5.73 Å². The van der Waals surface area contributed by atoms with Gasteiger partial charge in [0.2, 0.25) is 0 Å². The van der Waals surface area contributed by atoms with Crippen LogP contribution in [0.2, 0.25) is 0 Å². The van der Waals surface area contributed by atoms with Gasteiger partial charge in [0.15, 0.2) is 5.13 Å². The van der Waals surface area contributed by atoms with Crippen LogP contribution in [0, 0.1) is 0 Å². The molecule has 1 aromatic carbocycles. The number of fused-ring (bicyclic) bond motifs is 2. The Morgan fingerprint density at radius 2 is 2.18 bits per heavy atom. The highest BCUT2D eigenvalue weighted by atomic mass is 32.1. The molecule has 0 spiro atoms. The molecular weight excluding hydrogens is 230 g/mol. The fourth-order valence-corrected chi connectivity index (χ4v) is 3.40. The minimum Gasteiger partial charge on any atom is -0.375 e. The Morgan fingerprint density at radius 1 is 1.35 bits per heavy atom. The predicted molar refractivity (Wildman–Crippen MR) is 73.5 cm³/mol. The standard InChI is InChI=1S/C13H17N3S/c1-16(2)10-4-3-8-6-11-12(7-9(8)5-10)17-13(14)15-11/h6-7,10H,3-5H2,1-2H3,(H2,14,15). The SMILES string of the molecule is CN(C)C1CCc2cc3nc(N)sc3cc2C1. The van der Waals surface area contributed by atoms with Crippen molar-refractivity contribution in [2.75, 3.05) is 19.8 Å². The maximum Gasteiger partial charge on any atom is 0.181 e. The van der Waals surface area contributed by atoms with Crippen LogP contribution in [-0.2, 0) is 12.8 Å². The highest BCUT2D eigenvalue weighted by Gasteiger charge is 2.21. The normalized spacial score (nSPS) is 19.8. The van der Waals surface area contributed by atoms with E-state index in [9.17, 15) is 0 Å². The number of nitrogens with zero attached hydrogens (tertiary/aromatic N) is 2.